The van der Waals surface area contributed by atoms with E-state index in [0.29, 0.717) is 18.9 Å². The van der Waals surface area contributed by atoms with Crippen molar-refractivity contribution in [2.24, 2.45) is 11.7 Å². The highest BCUT2D eigenvalue weighted by atomic mass is 16.2. The quantitative estimate of drug-likeness (QED) is 0.558. The van der Waals surface area contributed by atoms with Crippen LogP contribution in [0.5, 0.6) is 0 Å². The molecule has 4 N–H and O–H groups in total. The Hall–Kier alpha value is -2.86. The van der Waals surface area contributed by atoms with Crippen LogP contribution in [0.15, 0.2) is 42.5 Å². The van der Waals surface area contributed by atoms with E-state index in [1.54, 1.807) is 0 Å². The number of nitrogens with one attached hydrogen (secondary N) is 2. The van der Waals surface area contributed by atoms with E-state index in [2.05, 4.69) is 10.6 Å². The molecule has 6 heteroatoms. The van der Waals surface area contributed by atoms with Crippen LogP contribution in [0.4, 0.5) is 17.1 Å². The summed E-state index contributed by atoms with van der Waals surface area (Å²) in [4.78, 5) is 27.7. The van der Waals surface area contributed by atoms with Crippen molar-refractivity contribution in [2.75, 3.05) is 22.1 Å². The Labute approximate surface area is 196 Å². The molecule has 176 valence electrons. The average molecular weight is 449 g/mol. The van der Waals surface area contributed by atoms with Crippen molar-refractivity contribution in [2.45, 2.75) is 70.9 Å². The maximum atomic E-state index is 13.5. The van der Waals surface area contributed by atoms with Crippen LogP contribution < -0.4 is 21.3 Å². The van der Waals surface area contributed by atoms with Gasteiger partial charge in [-0.2, -0.15) is 0 Å². The number of carbonyl (C=O) groups is 2. The number of nitrogens with zero attached hydrogens (tertiary/aromatic N) is 1. The molecule has 2 amide bonds. The van der Waals surface area contributed by atoms with Crippen molar-refractivity contribution in [3.8, 4) is 0 Å². The molecule has 0 bridgehead atoms. The Balaban J connectivity index is 1.51. The minimum atomic E-state index is -0.304. The first-order valence-electron chi connectivity index (χ1n) is 12.3. The third-order valence-corrected chi connectivity index (χ3v) is 6.97. The molecule has 0 radical (unpaired) electrons. The van der Waals surface area contributed by atoms with Gasteiger partial charge in [-0.3, -0.25) is 9.59 Å². The molecule has 6 nitrogen and oxygen atoms in total. The van der Waals surface area contributed by atoms with Gasteiger partial charge in [-0.25, -0.2) is 0 Å². The van der Waals surface area contributed by atoms with Crippen molar-refractivity contribution >= 4 is 28.9 Å². The Bertz CT molecular complexity index is 984. The predicted octanol–water partition coefficient (Wildman–Crippen LogP) is 4.97. The fourth-order valence-corrected chi connectivity index (χ4v) is 5.15. The minimum Gasteiger partial charge on any atom is -0.373 e. The summed E-state index contributed by atoms with van der Waals surface area (Å²) in [5, 5.41) is 6.65. The largest absolute Gasteiger partial charge is 0.373 e. The van der Waals surface area contributed by atoms with Crippen molar-refractivity contribution in [1.29, 1.82) is 0 Å². The van der Waals surface area contributed by atoms with Gasteiger partial charge in [0.1, 0.15) is 6.04 Å². The summed E-state index contributed by atoms with van der Waals surface area (Å²) in [6, 6.07) is 13.5. The maximum absolute atomic E-state index is 13.5. The van der Waals surface area contributed by atoms with Crippen LogP contribution in [0.2, 0.25) is 0 Å². The predicted molar refractivity (Wildman–Crippen MR) is 134 cm³/mol. The number of hydrogen-bond donors (Lipinski definition) is 3. The van der Waals surface area contributed by atoms with E-state index in [1.165, 1.54) is 6.42 Å². The van der Waals surface area contributed by atoms with E-state index in [9.17, 15) is 9.59 Å². The molecule has 33 heavy (non-hydrogen) atoms. The molecule has 2 aromatic rings. The summed E-state index contributed by atoms with van der Waals surface area (Å²) in [5.74, 6) is 0.468. The molecule has 2 aliphatic rings. The Kier molecular flexibility index (Phi) is 7.65. The van der Waals surface area contributed by atoms with Gasteiger partial charge in [-0.05, 0) is 80.0 Å². The molecule has 1 saturated heterocycles. The van der Waals surface area contributed by atoms with Crippen LogP contribution >= 0.6 is 0 Å². The lowest BCUT2D eigenvalue weighted by Gasteiger charge is -2.31. The van der Waals surface area contributed by atoms with E-state index in [1.807, 2.05) is 54.3 Å². The van der Waals surface area contributed by atoms with Crippen LogP contribution in [-0.4, -0.2) is 24.4 Å². The Morgan fingerprint density at radius 1 is 1.06 bits per heavy atom. The number of piperidine rings is 1. The first-order chi connectivity index (χ1) is 16.0. The number of amides is 2. The monoisotopic (exact) mass is 448 g/mol. The van der Waals surface area contributed by atoms with E-state index in [4.69, 9.17) is 5.73 Å². The van der Waals surface area contributed by atoms with Gasteiger partial charge in [0.25, 0.3) is 0 Å². The van der Waals surface area contributed by atoms with Gasteiger partial charge < -0.3 is 21.3 Å². The van der Waals surface area contributed by atoms with Crippen molar-refractivity contribution < 1.29 is 9.59 Å². The first-order valence-corrected chi connectivity index (χ1v) is 12.3. The first kappa shape index (κ1) is 23.3. The zero-order valence-corrected chi connectivity index (χ0v) is 19.6. The second-order valence-electron chi connectivity index (χ2n) is 9.42. The third kappa shape index (κ3) is 5.74. The molecule has 4 rings (SSSR count). The summed E-state index contributed by atoms with van der Waals surface area (Å²) < 4.78 is 0. The van der Waals surface area contributed by atoms with Gasteiger partial charge >= 0.3 is 0 Å². The SMILES string of the molecule is Cc1cc(NC(=O)C(Nc2cccc(CN)c2)C2CCCCC2)ccc1N1CCCCC1=O. The van der Waals surface area contributed by atoms with E-state index < -0.39 is 0 Å². The number of anilines is 3. The molecule has 1 aliphatic carbocycles. The third-order valence-electron chi connectivity index (χ3n) is 6.97. The van der Waals surface area contributed by atoms with Crippen molar-refractivity contribution in [3.05, 3.63) is 53.6 Å². The van der Waals surface area contributed by atoms with E-state index >= 15 is 0 Å². The fourth-order valence-electron chi connectivity index (χ4n) is 5.15. The highest BCUT2D eigenvalue weighted by Crippen LogP contribution is 2.31. The molecular formula is C27H36N4O2. The van der Waals surface area contributed by atoms with Crippen LogP contribution in [-0.2, 0) is 16.1 Å². The lowest BCUT2D eigenvalue weighted by atomic mass is 9.83. The van der Waals surface area contributed by atoms with Crippen molar-refractivity contribution in [1.82, 2.24) is 0 Å². The fraction of sp³-hybridized carbons (Fsp3) is 0.481. The standard InChI is InChI=1S/C27H36N4O2/c1-19-16-23(13-14-24(19)31-15-6-5-12-25(31)32)30-27(33)26(21-9-3-2-4-10-21)29-22-11-7-8-20(17-22)18-28/h7-8,11,13-14,16-17,21,26,29H,2-6,9-10,12,15,18,28H2,1H3,(H,30,33). The lowest BCUT2D eigenvalue weighted by molar-refractivity contribution is -0.119. The molecule has 1 aliphatic heterocycles. The zero-order valence-electron chi connectivity index (χ0n) is 19.6. The number of carbonyl (C=O) groups excluding carboxylic acids is 2. The summed E-state index contributed by atoms with van der Waals surface area (Å²) in [6.07, 6.45) is 8.28. The smallest absolute Gasteiger partial charge is 0.247 e. The highest BCUT2D eigenvalue weighted by Gasteiger charge is 2.30. The molecule has 0 spiro atoms. The lowest BCUT2D eigenvalue weighted by Crippen LogP contribution is -2.41. The Morgan fingerprint density at radius 3 is 2.61 bits per heavy atom. The van der Waals surface area contributed by atoms with E-state index in [0.717, 1.165) is 73.3 Å². The number of hydrogen-bond acceptors (Lipinski definition) is 4. The molecule has 0 aromatic heterocycles. The number of benzene rings is 2. The summed E-state index contributed by atoms with van der Waals surface area (Å²) in [7, 11) is 0. The van der Waals surface area contributed by atoms with Crippen LogP contribution in [0.25, 0.3) is 0 Å². The van der Waals surface area contributed by atoms with Gasteiger partial charge in [-0.1, -0.05) is 31.4 Å². The highest BCUT2D eigenvalue weighted by molar-refractivity contribution is 5.98. The minimum absolute atomic E-state index is 0.0127. The van der Waals surface area contributed by atoms with Crippen LogP contribution in [0, 0.1) is 12.8 Å². The topological polar surface area (TPSA) is 87.5 Å². The number of nitrogens with two attached hydrogens (primary N) is 1. The summed E-state index contributed by atoms with van der Waals surface area (Å²) >= 11 is 0. The normalized spacial score (nSPS) is 18.1. The number of aryl methyl sites for hydroxylation is 1. The van der Waals surface area contributed by atoms with Crippen molar-refractivity contribution in [3.63, 3.8) is 0 Å². The van der Waals surface area contributed by atoms with Crippen LogP contribution in [0.3, 0.4) is 0 Å². The molecular weight excluding hydrogens is 412 g/mol. The molecule has 2 fully saturated rings. The molecule has 2 aromatic carbocycles. The van der Waals surface area contributed by atoms with Gasteiger partial charge in [-0.15, -0.1) is 0 Å². The summed E-state index contributed by atoms with van der Waals surface area (Å²) in [6.45, 7) is 3.24. The van der Waals surface area contributed by atoms with Gasteiger partial charge in [0.2, 0.25) is 11.8 Å². The summed E-state index contributed by atoms with van der Waals surface area (Å²) in [5.41, 5.74) is 10.5. The van der Waals surface area contributed by atoms with E-state index in [-0.39, 0.29) is 17.9 Å². The second-order valence-corrected chi connectivity index (χ2v) is 9.42. The molecule has 1 heterocycles. The molecule has 1 saturated carbocycles. The Morgan fingerprint density at radius 2 is 1.88 bits per heavy atom. The average Bonchev–Trinajstić information content (AvgIpc) is 2.84. The zero-order chi connectivity index (χ0) is 23.2. The van der Waals surface area contributed by atoms with Gasteiger partial charge in [0.15, 0.2) is 0 Å². The molecule has 1 unspecified atom stereocenters. The second kappa shape index (κ2) is 10.8. The molecule has 1 atom stereocenters. The maximum Gasteiger partial charge on any atom is 0.247 e. The van der Waals surface area contributed by atoms with Gasteiger partial charge in [0, 0.05) is 36.6 Å². The van der Waals surface area contributed by atoms with Crippen LogP contribution in [0.1, 0.15) is 62.5 Å². The van der Waals surface area contributed by atoms with Gasteiger partial charge in [0.05, 0.1) is 0 Å². The number of rotatable bonds is 7.